The van der Waals surface area contributed by atoms with Crippen molar-refractivity contribution in [3.63, 3.8) is 0 Å². The Labute approximate surface area is 223 Å². The first kappa shape index (κ1) is 24.5. The van der Waals surface area contributed by atoms with E-state index in [1.54, 1.807) is 72.8 Å². The lowest BCUT2D eigenvalue weighted by atomic mass is 10.1. The van der Waals surface area contributed by atoms with Crippen LogP contribution < -0.4 is 15.9 Å². The number of halogens is 1. The lowest BCUT2D eigenvalue weighted by molar-refractivity contribution is 0.0734. The number of hydrogen-bond donors (Lipinski definition) is 2. The van der Waals surface area contributed by atoms with Crippen LogP contribution in [0.25, 0.3) is 17.1 Å². The highest BCUT2D eigenvalue weighted by Gasteiger charge is 2.26. The highest BCUT2D eigenvalue weighted by Crippen LogP contribution is 2.25. The van der Waals surface area contributed by atoms with Crippen LogP contribution in [0.15, 0.2) is 93.1 Å². The van der Waals surface area contributed by atoms with Crippen molar-refractivity contribution in [2.75, 3.05) is 5.73 Å². The van der Waals surface area contributed by atoms with Crippen LogP contribution in [0.5, 0.6) is 5.75 Å². The zero-order valence-electron chi connectivity index (χ0n) is 19.4. The molecule has 12 nitrogen and oxygen atoms in total. The maximum absolute atomic E-state index is 13.3. The molecule has 0 saturated carbocycles. The summed E-state index contributed by atoms with van der Waals surface area (Å²) in [6, 6.07) is 22.6. The summed E-state index contributed by atoms with van der Waals surface area (Å²) in [5.74, 6) is -1.04. The van der Waals surface area contributed by atoms with Crippen molar-refractivity contribution in [2.24, 2.45) is 5.10 Å². The fourth-order valence-corrected chi connectivity index (χ4v) is 3.75. The summed E-state index contributed by atoms with van der Waals surface area (Å²) in [6.07, 6.45) is 1.35. The van der Waals surface area contributed by atoms with Gasteiger partial charge in [0, 0.05) is 15.6 Å². The molecule has 0 aliphatic heterocycles. The normalized spacial score (nSPS) is 11.0. The molecule has 2 heterocycles. The van der Waals surface area contributed by atoms with E-state index in [4.69, 9.17) is 10.5 Å². The first-order valence-electron chi connectivity index (χ1n) is 11.0. The average molecular weight is 573 g/mol. The number of nitrogens with two attached hydrogens (primary N) is 1. The molecule has 0 aliphatic carbocycles. The van der Waals surface area contributed by atoms with Crippen molar-refractivity contribution in [1.82, 2.24) is 30.7 Å². The number of amides is 1. The highest BCUT2D eigenvalue weighted by molar-refractivity contribution is 9.10. The van der Waals surface area contributed by atoms with Gasteiger partial charge in [0.05, 0.1) is 11.8 Å². The van der Waals surface area contributed by atoms with Crippen molar-refractivity contribution in [3.05, 3.63) is 100 Å². The molecule has 0 atom stereocenters. The number of rotatable bonds is 7. The van der Waals surface area contributed by atoms with Gasteiger partial charge in [-0.2, -0.15) is 9.78 Å². The lowest BCUT2D eigenvalue weighted by Crippen LogP contribution is -2.22. The van der Waals surface area contributed by atoms with Crippen LogP contribution in [-0.2, 0) is 0 Å². The number of anilines is 1. The Morgan fingerprint density at radius 1 is 1.03 bits per heavy atom. The van der Waals surface area contributed by atoms with Crippen LogP contribution in [0.2, 0.25) is 0 Å². The van der Waals surface area contributed by atoms with Gasteiger partial charge in [-0.25, -0.2) is 14.8 Å². The van der Waals surface area contributed by atoms with Gasteiger partial charge in [-0.1, -0.05) is 69.7 Å². The molecule has 0 aliphatic rings. The van der Waals surface area contributed by atoms with Crippen molar-refractivity contribution >= 4 is 39.8 Å². The third-order valence-corrected chi connectivity index (χ3v) is 5.68. The number of carbonyl (C=O) groups excluding carboxylic acids is 2. The topological polar surface area (TPSA) is 163 Å². The van der Waals surface area contributed by atoms with E-state index >= 15 is 0 Å². The predicted octanol–water partition coefficient (Wildman–Crippen LogP) is 3.65. The van der Waals surface area contributed by atoms with E-state index in [1.807, 2.05) is 6.07 Å². The van der Waals surface area contributed by atoms with Crippen LogP contribution in [0.3, 0.4) is 0 Å². The van der Waals surface area contributed by atoms with E-state index in [2.05, 4.69) is 51.7 Å². The first-order valence-corrected chi connectivity index (χ1v) is 11.8. The van der Waals surface area contributed by atoms with Crippen LogP contribution in [0, 0.1) is 0 Å². The molecule has 3 aromatic carbocycles. The number of hydrogen-bond acceptors (Lipinski definition) is 10. The van der Waals surface area contributed by atoms with Gasteiger partial charge >= 0.3 is 5.97 Å². The maximum atomic E-state index is 13.3. The van der Waals surface area contributed by atoms with Gasteiger partial charge in [-0.15, -0.1) is 5.10 Å². The molecule has 0 radical (unpaired) electrons. The molecule has 38 heavy (non-hydrogen) atoms. The summed E-state index contributed by atoms with van der Waals surface area (Å²) in [7, 11) is 0. The number of nitrogens with one attached hydrogen (secondary N) is 1. The second kappa shape index (κ2) is 10.8. The van der Waals surface area contributed by atoms with E-state index in [-0.39, 0.29) is 28.8 Å². The summed E-state index contributed by atoms with van der Waals surface area (Å²) in [4.78, 5) is 25.8. The maximum Gasteiger partial charge on any atom is 0.343 e. The zero-order chi connectivity index (χ0) is 26.5. The number of esters is 1. The highest BCUT2D eigenvalue weighted by atomic mass is 79.9. The minimum Gasteiger partial charge on any atom is -0.422 e. The third kappa shape index (κ3) is 5.17. The monoisotopic (exact) mass is 572 g/mol. The second-order valence-corrected chi connectivity index (χ2v) is 8.59. The minimum atomic E-state index is -0.660. The number of ether oxygens (including phenoxy) is 1. The standard InChI is InChI=1S/C25H17BrN8O4/c26-18-12-11-17(19(13-18)37-25(36)16-9-5-2-6-10-16)14-28-30-24(35)21-20(15-7-3-1-4-8-15)29-33-34(21)23-22(27)31-38-32-23/h1-14H,(H2,27,31)(H,30,35)/b28-14+. The summed E-state index contributed by atoms with van der Waals surface area (Å²) < 4.78 is 12.0. The molecule has 13 heteroatoms. The van der Waals surface area contributed by atoms with Gasteiger partial charge in [0.15, 0.2) is 5.69 Å². The zero-order valence-corrected chi connectivity index (χ0v) is 20.9. The molecule has 0 bridgehead atoms. The largest absolute Gasteiger partial charge is 0.422 e. The van der Waals surface area contributed by atoms with E-state index < -0.39 is 11.9 Å². The Hall–Kier alpha value is -5.17. The first-order chi connectivity index (χ1) is 18.5. The number of benzene rings is 3. The number of hydrazone groups is 1. The molecule has 2 aromatic heterocycles. The Kier molecular flexibility index (Phi) is 6.99. The Bertz CT molecular complexity index is 1630. The van der Waals surface area contributed by atoms with E-state index in [0.29, 0.717) is 21.2 Å². The molecule has 0 fully saturated rings. The molecule has 5 aromatic rings. The van der Waals surface area contributed by atoms with Crippen molar-refractivity contribution in [2.45, 2.75) is 0 Å². The Balaban J connectivity index is 1.42. The van der Waals surface area contributed by atoms with Crippen molar-refractivity contribution in [3.8, 4) is 22.8 Å². The van der Waals surface area contributed by atoms with E-state index in [9.17, 15) is 9.59 Å². The van der Waals surface area contributed by atoms with Gasteiger partial charge in [-0.3, -0.25) is 4.79 Å². The molecule has 0 spiro atoms. The predicted molar refractivity (Wildman–Crippen MR) is 140 cm³/mol. The van der Waals surface area contributed by atoms with Crippen LogP contribution in [0.1, 0.15) is 26.4 Å². The molecule has 188 valence electrons. The van der Waals surface area contributed by atoms with Gasteiger partial charge in [0.1, 0.15) is 11.4 Å². The fraction of sp³-hybridized carbons (Fsp3) is 0. The summed E-state index contributed by atoms with van der Waals surface area (Å²) >= 11 is 3.37. The molecular formula is C25H17BrN8O4. The number of aromatic nitrogens is 5. The average Bonchev–Trinajstić information content (AvgIpc) is 3.57. The quantitative estimate of drug-likeness (QED) is 0.128. The molecular weight excluding hydrogens is 556 g/mol. The fourth-order valence-electron chi connectivity index (χ4n) is 3.41. The van der Waals surface area contributed by atoms with Crippen LogP contribution in [-0.4, -0.2) is 43.4 Å². The minimum absolute atomic E-state index is 0.00212. The molecule has 1 amide bonds. The van der Waals surface area contributed by atoms with Crippen LogP contribution >= 0.6 is 15.9 Å². The Morgan fingerprint density at radius 2 is 1.76 bits per heavy atom. The van der Waals surface area contributed by atoms with Crippen LogP contribution in [0.4, 0.5) is 5.82 Å². The summed E-state index contributed by atoms with van der Waals surface area (Å²) in [6.45, 7) is 0. The van der Waals surface area contributed by atoms with Crippen molar-refractivity contribution in [1.29, 1.82) is 0 Å². The summed E-state index contributed by atoms with van der Waals surface area (Å²) in [5.41, 5.74) is 9.99. The molecule has 3 N–H and O–H groups in total. The van der Waals surface area contributed by atoms with Gasteiger partial charge < -0.3 is 10.5 Å². The van der Waals surface area contributed by atoms with Gasteiger partial charge in [0.25, 0.3) is 5.91 Å². The van der Waals surface area contributed by atoms with Crippen molar-refractivity contribution < 1.29 is 19.0 Å². The van der Waals surface area contributed by atoms with E-state index in [0.717, 1.165) is 4.68 Å². The SMILES string of the molecule is Nc1nonc1-n1nnc(-c2ccccc2)c1C(=O)N/N=C/c1ccc(Br)cc1OC(=O)c1ccccc1. The second-order valence-electron chi connectivity index (χ2n) is 7.67. The van der Waals surface area contributed by atoms with E-state index in [1.165, 1.54) is 6.21 Å². The van der Waals surface area contributed by atoms with Gasteiger partial charge in [-0.05, 0) is 40.6 Å². The molecule has 0 unspecified atom stereocenters. The number of carbonyl (C=O) groups is 2. The smallest absolute Gasteiger partial charge is 0.343 e. The number of nitrogen functional groups attached to an aromatic ring is 1. The third-order valence-electron chi connectivity index (χ3n) is 5.19. The van der Waals surface area contributed by atoms with Gasteiger partial charge in [0.2, 0.25) is 11.6 Å². The molecule has 0 saturated heterocycles. The number of nitrogens with zero attached hydrogens (tertiary/aromatic N) is 6. The lowest BCUT2D eigenvalue weighted by Gasteiger charge is -2.08. The molecule has 5 rings (SSSR count). The summed E-state index contributed by atoms with van der Waals surface area (Å²) in [5, 5.41) is 19.5. The Morgan fingerprint density at radius 3 is 2.47 bits per heavy atom.